The first-order valence-electron chi connectivity index (χ1n) is 7.59. The van der Waals surface area contributed by atoms with E-state index in [9.17, 15) is 22.0 Å². The van der Waals surface area contributed by atoms with Crippen LogP contribution < -0.4 is 0 Å². The van der Waals surface area contributed by atoms with Gasteiger partial charge in [0.15, 0.2) is 0 Å². The van der Waals surface area contributed by atoms with E-state index in [0.717, 1.165) is 5.56 Å². The van der Waals surface area contributed by atoms with Crippen LogP contribution in [0, 0.1) is 12.8 Å². The van der Waals surface area contributed by atoms with Crippen LogP contribution in [0.2, 0.25) is 0 Å². The smallest absolute Gasteiger partial charge is 0.312 e. The number of alkyl halides is 2. The van der Waals surface area contributed by atoms with Crippen molar-refractivity contribution in [3.8, 4) is 0 Å². The van der Waals surface area contributed by atoms with Crippen LogP contribution in [-0.2, 0) is 14.8 Å². The Bertz CT molecular complexity index is 946. The Morgan fingerprint density at radius 3 is 2.76 bits per heavy atom. The number of nitrogens with zero attached hydrogens (tertiary/aromatic N) is 2. The number of piperidine rings is 1. The summed E-state index contributed by atoms with van der Waals surface area (Å²) in [6, 6.07) is 6.30. The normalized spacial score (nSPS) is 21.3. The Balaban J connectivity index is 2.02. The number of fused-ring (bicyclic) bond motifs is 1. The molecule has 1 atom stereocenters. The number of carboxylic acid groups (broad SMARTS) is 1. The second-order valence-electron chi connectivity index (χ2n) is 6.12. The van der Waals surface area contributed by atoms with E-state index in [-0.39, 0.29) is 17.0 Å². The van der Waals surface area contributed by atoms with Gasteiger partial charge in [-0.15, -0.1) is 0 Å². The number of pyridine rings is 1. The first-order valence-corrected chi connectivity index (χ1v) is 9.03. The summed E-state index contributed by atoms with van der Waals surface area (Å²) in [4.78, 5) is 14.9. The number of halogens is 2. The van der Waals surface area contributed by atoms with Crippen LogP contribution in [0.1, 0.15) is 12.0 Å². The van der Waals surface area contributed by atoms with E-state index in [2.05, 4.69) is 4.98 Å². The number of sulfonamides is 1. The van der Waals surface area contributed by atoms with E-state index < -0.39 is 40.8 Å². The summed E-state index contributed by atoms with van der Waals surface area (Å²) in [5.41, 5.74) is 1.05. The molecule has 6 nitrogen and oxygen atoms in total. The third-order valence-corrected chi connectivity index (χ3v) is 6.17. The van der Waals surface area contributed by atoms with E-state index >= 15 is 0 Å². The summed E-state index contributed by atoms with van der Waals surface area (Å²) in [5.74, 6) is -7.14. The van der Waals surface area contributed by atoms with Crippen LogP contribution in [0.3, 0.4) is 0 Å². The lowest BCUT2D eigenvalue weighted by molar-refractivity contribution is -0.163. The predicted octanol–water partition coefficient (Wildman–Crippen LogP) is 2.27. The summed E-state index contributed by atoms with van der Waals surface area (Å²) < 4.78 is 54.5. The van der Waals surface area contributed by atoms with E-state index in [4.69, 9.17) is 5.11 Å². The average molecular weight is 370 g/mol. The molecule has 0 bridgehead atoms. The number of para-hydroxylation sites is 1. The van der Waals surface area contributed by atoms with Crippen LogP contribution in [-0.4, -0.2) is 47.8 Å². The Labute approximate surface area is 143 Å². The quantitative estimate of drug-likeness (QED) is 0.896. The second-order valence-corrected chi connectivity index (χ2v) is 8.03. The highest BCUT2D eigenvalue weighted by Crippen LogP contribution is 2.36. The monoisotopic (exact) mass is 370 g/mol. The molecule has 0 spiro atoms. The lowest BCUT2D eigenvalue weighted by atomic mass is 9.94. The summed E-state index contributed by atoms with van der Waals surface area (Å²) in [7, 11) is -4.22. The highest BCUT2D eigenvalue weighted by Gasteiger charge is 2.51. The molecule has 1 aromatic carbocycles. The number of benzene rings is 1. The number of aromatic nitrogens is 1. The zero-order chi connectivity index (χ0) is 18.4. The Morgan fingerprint density at radius 1 is 1.40 bits per heavy atom. The SMILES string of the molecule is Cc1cnc2c(S(=O)(=O)N3CCC(C(=O)O)C(F)(F)C3)cccc2c1. The summed E-state index contributed by atoms with van der Waals surface area (Å²) in [6.07, 6.45) is 1.06. The number of aliphatic carboxylic acids is 1. The van der Waals surface area contributed by atoms with Crippen molar-refractivity contribution < 1.29 is 27.1 Å². The van der Waals surface area contributed by atoms with Crippen LogP contribution in [0.25, 0.3) is 10.9 Å². The number of carbonyl (C=O) groups is 1. The fourth-order valence-electron chi connectivity index (χ4n) is 3.01. The van der Waals surface area contributed by atoms with Gasteiger partial charge < -0.3 is 5.11 Å². The van der Waals surface area contributed by atoms with Gasteiger partial charge in [0.1, 0.15) is 10.8 Å². The fraction of sp³-hybridized carbons (Fsp3) is 0.375. The standard InChI is InChI=1S/C16H16F2N2O4S/c1-10-7-11-3-2-4-13(14(11)19-8-10)25(23,24)20-6-5-12(15(21)22)16(17,18)9-20/h2-4,7-8,12H,5-6,9H2,1H3,(H,21,22). The molecular formula is C16H16F2N2O4S. The fourth-order valence-corrected chi connectivity index (χ4v) is 4.64. The molecule has 0 aliphatic carbocycles. The minimum atomic E-state index is -4.22. The topological polar surface area (TPSA) is 87.6 Å². The van der Waals surface area contributed by atoms with Crippen molar-refractivity contribution in [2.75, 3.05) is 13.1 Å². The molecule has 3 rings (SSSR count). The summed E-state index contributed by atoms with van der Waals surface area (Å²) >= 11 is 0. The minimum absolute atomic E-state index is 0.158. The van der Waals surface area contributed by atoms with Gasteiger partial charge in [-0.25, -0.2) is 17.2 Å². The van der Waals surface area contributed by atoms with Gasteiger partial charge in [0.25, 0.3) is 5.92 Å². The van der Waals surface area contributed by atoms with Gasteiger partial charge in [0.05, 0.1) is 12.1 Å². The number of aryl methyl sites for hydroxylation is 1. The molecule has 1 unspecified atom stereocenters. The first-order chi connectivity index (χ1) is 11.6. The van der Waals surface area contributed by atoms with Crippen molar-refractivity contribution in [1.82, 2.24) is 9.29 Å². The summed E-state index contributed by atoms with van der Waals surface area (Å²) in [6.45, 7) is 0.372. The van der Waals surface area contributed by atoms with Gasteiger partial charge in [-0.3, -0.25) is 9.78 Å². The zero-order valence-electron chi connectivity index (χ0n) is 13.3. The molecule has 1 N–H and O–H groups in total. The molecule has 25 heavy (non-hydrogen) atoms. The lowest BCUT2D eigenvalue weighted by Crippen LogP contribution is -2.52. The van der Waals surface area contributed by atoms with Crippen molar-refractivity contribution in [2.45, 2.75) is 24.2 Å². The van der Waals surface area contributed by atoms with Crippen LogP contribution in [0.5, 0.6) is 0 Å². The van der Waals surface area contributed by atoms with Crippen LogP contribution in [0.15, 0.2) is 35.4 Å². The summed E-state index contributed by atoms with van der Waals surface area (Å²) in [5, 5.41) is 9.48. The maximum Gasteiger partial charge on any atom is 0.312 e. The van der Waals surface area contributed by atoms with Gasteiger partial charge in [0, 0.05) is 18.1 Å². The third-order valence-electron chi connectivity index (χ3n) is 4.29. The molecule has 0 saturated carbocycles. The average Bonchev–Trinajstić information content (AvgIpc) is 2.52. The molecule has 0 radical (unpaired) electrons. The number of hydrogen-bond donors (Lipinski definition) is 1. The number of hydrogen-bond acceptors (Lipinski definition) is 4. The highest BCUT2D eigenvalue weighted by atomic mass is 32.2. The molecular weight excluding hydrogens is 354 g/mol. The van der Waals surface area contributed by atoms with Crippen LogP contribution in [0.4, 0.5) is 8.78 Å². The number of rotatable bonds is 3. The predicted molar refractivity (Wildman–Crippen MR) is 85.9 cm³/mol. The van der Waals surface area contributed by atoms with E-state index in [1.807, 2.05) is 6.92 Å². The second kappa shape index (κ2) is 5.99. The molecule has 1 saturated heterocycles. The largest absolute Gasteiger partial charge is 0.481 e. The molecule has 1 aliphatic heterocycles. The van der Waals surface area contributed by atoms with Gasteiger partial charge in [-0.05, 0) is 31.0 Å². The first kappa shape index (κ1) is 17.7. The van der Waals surface area contributed by atoms with Crippen molar-refractivity contribution in [1.29, 1.82) is 0 Å². The van der Waals surface area contributed by atoms with E-state index in [1.165, 1.54) is 18.3 Å². The Hall–Kier alpha value is -2.13. The van der Waals surface area contributed by atoms with E-state index in [1.54, 1.807) is 12.1 Å². The molecule has 134 valence electrons. The highest BCUT2D eigenvalue weighted by molar-refractivity contribution is 7.89. The van der Waals surface area contributed by atoms with Gasteiger partial charge >= 0.3 is 5.97 Å². The Morgan fingerprint density at radius 2 is 2.12 bits per heavy atom. The molecule has 2 heterocycles. The molecule has 1 aliphatic rings. The van der Waals surface area contributed by atoms with Crippen molar-refractivity contribution in [2.24, 2.45) is 5.92 Å². The van der Waals surface area contributed by atoms with Crippen molar-refractivity contribution in [3.63, 3.8) is 0 Å². The van der Waals surface area contributed by atoms with Gasteiger partial charge in [-0.2, -0.15) is 4.31 Å². The molecule has 0 amide bonds. The van der Waals surface area contributed by atoms with Gasteiger partial charge in [-0.1, -0.05) is 12.1 Å². The van der Waals surface area contributed by atoms with Crippen LogP contribution >= 0.6 is 0 Å². The molecule has 1 fully saturated rings. The third kappa shape index (κ3) is 3.09. The maximum atomic E-state index is 14.1. The zero-order valence-corrected chi connectivity index (χ0v) is 14.1. The van der Waals surface area contributed by atoms with E-state index in [0.29, 0.717) is 9.69 Å². The maximum absolute atomic E-state index is 14.1. The van der Waals surface area contributed by atoms with Crippen molar-refractivity contribution >= 4 is 26.9 Å². The molecule has 9 heteroatoms. The Kier molecular flexibility index (Phi) is 4.24. The molecule has 2 aromatic rings. The number of carboxylic acids is 1. The van der Waals surface area contributed by atoms with Gasteiger partial charge in [0.2, 0.25) is 10.0 Å². The van der Waals surface area contributed by atoms with Crippen molar-refractivity contribution in [3.05, 3.63) is 36.0 Å². The minimum Gasteiger partial charge on any atom is -0.481 e. The lowest BCUT2D eigenvalue weighted by Gasteiger charge is -2.35. The molecule has 1 aromatic heterocycles.